The Kier molecular flexibility index (Phi) is 7.40. The molecule has 1 aliphatic carbocycles. The second-order valence-corrected chi connectivity index (χ2v) is 6.50. The Hall–Kier alpha value is -1.55. The van der Waals surface area contributed by atoms with Crippen molar-refractivity contribution in [3.63, 3.8) is 0 Å². The van der Waals surface area contributed by atoms with E-state index in [0.29, 0.717) is 19.2 Å². The molecule has 0 bridgehead atoms. The number of ether oxygens (including phenoxy) is 1. The van der Waals surface area contributed by atoms with Gasteiger partial charge in [0.25, 0.3) is 0 Å². The lowest BCUT2D eigenvalue weighted by Gasteiger charge is -2.16. The number of guanidine groups is 1. The fraction of sp³-hybridized carbons (Fsp3) is 0.632. The molecule has 4 nitrogen and oxygen atoms in total. The summed E-state index contributed by atoms with van der Waals surface area (Å²) in [7, 11) is 0. The van der Waals surface area contributed by atoms with Crippen LogP contribution in [0.5, 0.6) is 0 Å². The largest absolute Gasteiger partial charge is 0.374 e. The van der Waals surface area contributed by atoms with Gasteiger partial charge in [0.15, 0.2) is 5.96 Å². The molecular weight excluding hydrogens is 286 g/mol. The molecule has 1 aliphatic rings. The highest BCUT2D eigenvalue weighted by Gasteiger charge is 2.15. The summed E-state index contributed by atoms with van der Waals surface area (Å²) in [6.07, 6.45) is 5.45. The first kappa shape index (κ1) is 17.8. The molecule has 1 aromatic carbocycles. The Morgan fingerprint density at radius 3 is 2.43 bits per heavy atom. The number of benzene rings is 1. The van der Waals surface area contributed by atoms with Crippen LogP contribution < -0.4 is 10.6 Å². The van der Waals surface area contributed by atoms with Gasteiger partial charge >= 0.3 is 0 Å². The molecule has 0 saturated heterocycles. The third-order valence-electron chi connectivity index (χ3n) is 4.07. The molecule has 0 radical (unpaired) electrons. The van der Waals surface area contributed by atoms with Gasteiger partial charge in [0.2, 0.25) is 0 Å². The lowest BCUT2D eigenvalue weighted by Crippen LogP contribution is -2.42. The van der Waals surface area contributed by atoms with Gasteiger partial charge in [0.05, 0.1) is 19.3 Å². The van der Waals surface area contributed by atoms with Crippen LogP contribution in [0.2, 0.25) is 0 Å². The highest BCUT2D eigenvalue weighted by atomic mass is 16.5. The molecule has 1 aromatic rings. The maximum atomic E-state index is 5.62. The molecule has 0 aliphatic heterocycles. The van der Waals surface area contributed by atoms with Crippen molar-refractivity contribution in [2.75, 3.05) is 6.54 Å². The van der Waals surface area contributed by atoms with E-state index in [1.807, 2.05) is 0 Å². The van der Waals surface area contributed by atoms with Crippen LogP contribution in [0.3, 0.4) is 0 Å². The maximum Gasteiger partial charge on any atom is 0.191 e. The van der Waals surface area contributed by atoms with Gasteiger partial charge in [-0.2, -0.15) is 0 Å². The fourth-order valence-corrected chi connectivity index (χ4v) is 2.76. The van der Waals surface area contributed by atoms with E-state index in [4.69, 9.17) is 9.73 Å². The number of hydrogen-bond acceptors (Lipinski definition) is 2. The van der Waals surface area contributed by atoms with E-state index in [2.05, 4.69) is 55.7 Å². The molecule has 0 heterocycles. The predicted octanol–water partition coefficient (Wildman–Crippen LogP) is 3.61. The summed E-state index contributed by atoms with van der Waals surface area (Å²) >= 11 is 0. The quantitative estimate of drug-likeness (QED) is 0.596. The third-order valence-corrected chi connectivity index (χ3v) is 4.07. The van der Waals surface area contributed by atoms with Gasteiger partial charge in [-0.15, -0.1) is 0 Å². The van der Waals surface area contributed by atoms with E-state index in [-0.39, 0.29) is 6.10 Å². The van der Waals surface area contributed by atoms with Crippen LogP contribution in [-0.4, -0.2) is 24.7 Å². The molecule has 1 saturated carbocycles. The Morgan fingerprint density at radius 2 is 1.83 bits per heavy atom. The smallest absolute Gasteiger partial charge is 0.191 e. The van der Waals surface area contributed by atoms with Crippen molar-refractivity contribution in [3.05, 3.63) is 35.4 Å². The number of aliphatic imine (C=N–C) groups is 1. The number of hydrogen-bond donors (Lipinski definition) is 2. The molecule has 0 aromatic heterocycles. The highest BCUT2D eigenvalue weighted by molar-refractivity contribution is 5.80. The summed E-state index contributed by atoms with van der Waals surface area (Å²) in [6, 6.07) is 9.13. The average Bonchev–Trinajstić information content (AvgIpc) is 3.05. The monoisotopic (exact) mass is 317 g/mol. The zero-order chi connectivity index (χ0) is 16.5. The molecule has 0 spiro atoms. The van der Waals surface area contributed by atoms with Crippen LogP contribution in [0, 0.1) is 0 Å². The van der Waals surface area contributed by atoms with E-state index in [0.717, 1.165) is 12.5 Å². The third kappa shape index (κ3) is 6.61. The first-order valence-electron chi connectivity index (χ1n) is 8.91. The van der Waals surface area contributed by atoms with Crippen LogP contribution in [0.1, 0.15) is 57.6 Å². The second kappa shape index (κ2) is 9.56. The number of rotatable bonds is 7. The first-order valence-corrected chi connectivity index (χ1v) is 8.91. The topological polar surface area (TPSA) is 45.7 Å². The van der Waals surface area contributed by atoms with Crippen LogP contribution in [-0.2, 0) is 17.9 Å². The van der Waals surface area contributed by atoms with Crippen LogP contribution in [0.4, 0.5) is 0 Å². The van der Waals surface area contributed by atoms with Crippen molar-refractivity contribution < 1.29 is 4.74 Å². The zero-order valence-electron chi connectivity index (χ0n) is 14.8. The molecule has 2 N–H and O–H groups in total. The van der Waals surface area contributed by atoms with Crippen LogP contribution >= 0.6 is 0 Å². The van der Waals surface area contributed by atoms with E-state index in [1.165, 1.54) is 36.8 Å². The lowest BCUT2D eigenvalue weighted by molar-refractivity contribution is 0.0657. The zero-order valence-corrected chi connectivity index (χ0v) is 14.8. The standard InChI is InChI=1S/C19H31N3O/c1-4-20-19(22-18-7-5-6-8-18)21-13-16-9-11-17(12-10-16)14-23-15(2)3/h9-12,15,18H,4-8,13-14H2,1-3H3,(H2,20,21,22). The normalized spacial score (nSPS) is 16.1. The SMILES string of the molecule is CCNC(=NCc1ccc(COC(C)C)cc1)NC1CCCC1. The Bertz CT molecular complexity index is 476. The molecular formula is C19H31N3O. The van der Waals surface area contributed by atoms with E-state index in [9.17, 15) is 0 Å². The molecule has 128 valence electrons. The minimum absolute atomic E-state index is 0.267. The van der Waals surface area contributed by atoms with Crippen LogP contribution in [0.15, 0.2) is 29.3 Å². The van der Waals surface area contributed by atoms with Gasteiger partial charge in [-0.25, -0.2) is 4.99 Å². The van der Waals surface area contributed by atoms with Gasteiger partial charge in [0.1, 0.15) is 0 Å². The van der Waals surface area contributed by atoms with Gasteiger partial charge in [-0.1, -0.05) is 37.1 Å². The molecule has 0 atom stereocenters. The molecule has 0 unspecified atom stereocenters. The molecule has 1 fully saturated rings. The highest BCUT2D eigenvalue weighted by Crippen LogP contribution is 2.17. The first-order chi connectivity index (χ1) is 11.2. The van der Waals surface area contributed by atoms with Crippen molar-refractivity contribution in [1.29, 1.82) is 0 Å². The van der Waals surface area contributed by atoms with Gasteiger partial charge in [-0.3, -0.25) is 0 Å². The fourth-order valence-electron chi connectivity index (χ4n) is 2.76. The van der Waals surface area contributed by atoms with E-state index in [1.54, 1.807) is 0 Å². The van der Waals surface area contributed by atoms with Gasteiger partial charge < -0.3 is 15.4 Å². The molecule has 4 heteroatoms. The molecule has 2 rings (SSSR count). The summed E-state index contributed by atoms with van der Waals surface area (Å²) in [5, 5.41) is 6.89. The molecule has 23 heavy (non-hydrogen) atoms. The summed E-state index contributed by atoms with van der Waals surface area (Å²) in [5.74, 6) is 0.937. The van der Waals surface area contributed by atoms with Crippen molar-refractivity contribution in [3.8, 4) is 0 Å². The molecule has 0 amide bonds. The summed E-state index contributed by atoms with van der Waals surface area (Å²) in [6.45, 7) is 8.49. The van der Waals surface area contributed by atoms with Crippen molar-refractivity contribution in [1.82, 2.24) is 10.6 Å². The summed E-state index contributed by atoms with van der Waals surface area (Å²) in [4.78, 5) is 4.71. The predicted molar refractivity (Wildman–Crippen MR) is 96.6 cm³/mol. The lowest BCUT2D eigenvalue weighted by atomic mass is 10.1. The van der Waals surface area contributed by atoms with Gasteiger partial charge in [-0.05, 0) is 44.7 Å². The summed E-state index contributed by atoms with van der Waals surface area (Å²) in [5.41, 5.74) is 2.43. The minimum Gasteiger partial charge on any atom is -0.374 e. The van der Waals surface area contributed by atoms with Crippen LogP contribution in [0.25, 0.3) is 0 Å². The second-order valence-electron chi connectivity index (χ2n) is 6.50. The van der Waals surface area contributed by atoms with Gasteiger partial charge in [0, 0.05) is 12.6 Å². The number of nitrogens with one attached hydrogen (secondary N) is 2. The van der Waals surface area contributed by atoms with Crippen molar-refractivity contribution >= 4 is 5.96 Å². The van der Waals surface area contributed by atoms with Crippen molar-refractivity contribution in [2.45, 2.75) is 71.8 Å². The Balaban J connectivity index is 1.87. The summed E-state index contributed by atoms with van der Waals surface area (Å²) < 4.78 is 5.62. The van der Waals surface area contributed by atoms with Crippen molar-refractivity contribution in [2.24, 2.45) is 4.99 Å². The van der Waals surface area contributed by atoms with E-state index >= 15 is 0 Å². The average molecular weight is 317 g/mol. The van der Waals surface area contributed by atoms with E-state index < -0.39 is 0 Å². The Labute approximate surface area is 140 Å². The maximum absolute atomic E-state index is 5.62. The number of nitrogens with zero attached hydrogens (tertiary/aromatic N) is 1. The minimum atomic E-state index is 0.267. The Morgan fingerprint density at radius 1 is 1.17 bits per heavy atom.